The molecule has 0 aromatic heterocycles. The Balaban J connectivity index is 3.25. The largest absolute Gasteiger partial charge is 0.231 e. The van der Waals surface area contributed by atoms with Gasteiger partial charge in [-0.1, -0.05) is 6.07 Å². The highest BCUT2D eigenvalue weighted by Gasteiger charge is 2.12. The lowest BCUT2D eigenvalue weighted by atomic mass is 10.2. The first-order valence-electron chi connectivity index (χ1n) is 2.87. The van der Waals surface area contributed by atoms with Crippen LogP contribution < -0.4 is 0 Å². The molecule has 0 saturated heterocycles. The van der Waals surface area contributed by atoms with Gasteiger partial charge in [-0.05, 0) is 6.07 Å². The fourth-order valence-electron chi connectivity index (χ4n) is 0.677. The van der Waals surface area contributed by atoms with Crippen LogP contribution in [0.2, 0.25) is 0 Å². The average molecular weight is 161 g/mol. The van der Waals surface area contributed by atoms with E-state index in [2.05, 4.69) is 0 Å². The smallest absolute Gasteiger partial charge is 0.194 e. The summed E-state index contributed by atoms with van der Waals surface area (Å²) in [4.78, 5) is 0. The van der Waals surface area contributed by atoms with E-state index < -0.39 is 24.1 Å². The molecule has 1 radical (unpaired) electrons. The summed E-state index contributed by atoms with van der Waals surface area (Å²) in [6.07, 6.45) is 0. The second-order valence-electron chi connectivity index (χ2n) is 1.98. The number of halogens is 3. The third-order valence-electron chi connectivity index (χ3n) is 1.27. The molecule has 0 bridgehead atoms. The minimum absolute atomic E-state index is 0.357. The molecule has 11 heavy (non-hydrogen) atoms. The third-order valence-corrected chi connectivity index (χ3v) is 1.27. The van der Waals surface area contributed by atoms with Gasteiger partial charge in [-0.15, -0.1) is 0 Å². The van der Waals surface area contributed by atoms with E-state index >= 15 is 0 Å². The number of benzene rings is 1. The van der Waals surface area contributed by atoms with Crippen LogP contribution in [0.25, 0.3) is 0 Å². The van der Waals surface area contributed by atoms with Gasteiger partial charge in [-0.3, -0.25) is 0 Å². The maximum absolute atomic E-state index is 12.4. The van der Waals surface area contributed by atoms with Crippen molar-refractivity contribution in [2.24, 2.45) is 0 Å². The molecular formula is C7H4F3O. The van der Waals surface area contributed by atoms with Crippen molar-refractivity contribution in [3.63, 3.8) is 0 Å². The van der Waals surface area contributed by atoms with E-state index in [0.717, 1.165) is 12.1 Å². The van der Waals surface area contributed by atoms with Gasteiger partial charge >= 0.3 is 0 Å². The van der Waals surface area contributed by atoms with E-state index in [1.54, 1.807) is 0 Å². The zero-order valence-electron chi connectivity index (χ0n) is 5.40. The molecule has 59 valence electrons. The van der Waals surface area contributed by atoms with Gasteiger partial charge < -0.3 is 0 Å². The minimum atomic E-state index is -1.58. The average Bonchev–Trinajstić information content (AvgIpc) is 2.01. The first-order valence-corrected chi connectivity index (χ1v) is 2.87. The Bertz CT molecular complexity index is 273. The van der Waals surface area contributed by atoms with Crippen LogP contribution in [-0.2, 0) is 11.7 Å². The summed E-state index contributed by atoms with van der Waals surface area (Å²) in [5.74, 6) is -4.25. The summed E-state index contributed by atoms with van der Waals surface area (Å²) in [5, 5.41) is 10.1. The maximum atomic E-state index is 12.4. The fourth-order valence-corrected chi connectivity index (χ4v) is 0.677. The molecule has 1 aromatic rings. The Labute approximate surface area is 61.1 Å². The molecule has 4 heteroatoms. The van der Waals surface area contributed by atoms with Gasteiger partial charge in [-0.25, -0.2) is 18.3 Å². The molecule has 0 unspecified atom stereocenters. The standard InChI is InChI=1S/C7H4F3O/c8-5-2-1-4(3-11)6(9)7(5)10/h1-2H,3H2. The van der Waals surface area contributed by atoms with E-state index in [0.29, 0.717) is 0 Å². The van der Waals surface area contributed by atoms with E-state index in [1.165, 1.54) is 0 Å². The maximum Gasteiger partial charge on any atom is 0.194 e. The first kappa shape index (κ1) is 8.07. The highest BCUT2D eigenvalue weighted by Crippen LogP contribution is 2.14. The molecule has 0 saturated carbocycles. The third kappa shape index (κ3) is 1.35. The Morgan fingerprint density at radius 1 is 1.09 bits per heavy atom. The molecule has 1 aromatic carbocycles. The van der Waals surface area contributed by atoms with Crippen molar-refractivity contribution in [1.82, 2.24) is 0 Å². The van der Waals surface area contributed by atoms with Gasteiger partial charge in [0.05, 0.1) is 0 Å². The van der Waals surface area contributed by atoms with E-state index in [9.17, 15) is 18.3 Å². The van der Waals surface area contributed by atoms with Crippen LogP contribution in [0, 0.1) is 17.5 Å². The van der Waals surface area contributed by atoms with E-state index in [1.807, 2.05) is 0 Å². The quantitative estimate of drug-likeness (QED) is 0.561. The predicted octanol–water partition coefficient (Wildman–Crippen LogP) is 2.03. The molecule has 0 aliphatic heterocycles. The van der Waals surface area contributed by atoms with Gasteiger partial charge in [0.15, 0.2) is 17.5 Å². The monoisotopic (exact) mass is 161 g/mol. The van der Waals surface area contributed by atoms with Crippen molar-refractivity contribution >= 4 is 0 Å². The highest BCUT2D eigenvalue weighted by atomic mass is 19.2. The number of rotatable bonds is 1. The van der Waals surface area contributed by atoms with Crippen molar-refractivity contribution in [3.8, 4) is 0 Å². The Morgan fingerprint density at radius 2 is 1.73 bits per heavy atom. The van der Waals surface area contributed by atoms with Crippen LogP contribution in [0.4, 0.5) is 13.2 Å². The molecule has 0 N–H and O–H groups in total. The van der Waals surface area contributed by atoms with E-state index in [4.69, 9.17) is 0 Å². The van der Waals surface area contributed by atoms with Gasteiger partial charge in [0.2, 0.25) is 0 Å². The summed E-state index contributed by atoms with van der Waals surface area (Å²) >= 11 is 0. The van der Waals surface area contributed by atoms with Crippen LogP contribution in [0.15, 0.2) is 12.1 Å². The summed E-state index contributed by atoms with van der Waals surface area (Å²) < 4.78 is 36.9. The fraction of sp³-hybridized carbons (Fsp3) is 0.143. The molecular weight excluding hydrogens is 157 g/mol. The molecule has 1 nitrogen and oxygen atoms in total. The molecule has 1 rings (SSSR count). The molecule has 0 atom stereocenters. The van der Waals surface area contributed by atoms with Gasteiger partial charge in [-0.2, -0.15) is 0 Å². The van der Waals surface area contributed by atoms with Gasteiger partial charge in [0.1, 0.15) is 6.61 Å². The SMILES string of the molecule is [O]Cc1ccc(F)c(F)c1F. The molecule has 0 amide bonds. The first-order chi connectivity index (χ1) is 5.16. The Kier molecular flexibility index (Phi) is 2.14. The van der Waals surface area contributed by atoms with Crippen molar-refractivity contribution in [3.05, 3.63) is 35.1 Å². The summed E-state index contributed by atoms with van der Waals surface area (Å²) in [6, 6.07) is 1.66. The second kappa shape index (κ2) is 2.92. The summed E-state index contributed by atoms with van der Waals surface area (Å²) in [5.41, 5.74) is -0.357. The van der Waals surface area contributed by atoms with Gasteiger partial charge in [0.25, 0.3) is 0 Å². The molecule has 0 heterocycles. The highest BCUT2D eigenvalue weighted by molar-refractivity contribution is 5.19. The number of hydrogen-bond donors (Lipinski definition) is 0. The molecule has 0 fully saturated rings. The van der Waals surface area contributed by atoms with Crippen LogP contribution in [-0.4, -0.2) is 0 Å². The Hall–Kier alpha value is -1.03. The lowest BCUT2D eigenvalue weighted by molar-refractivity contribution is 0.172. The van der Waals surface area contributed by atoms with Crippen LogP contribution in [0.5, 0.6) is 0 Å². The zero-order chi connectivity index (χ0) is 8.43. The topological polar surface area (TPSA) is 19.9 Å². The van der Waals surface area contributed by atoms with E-state index in [-0.39, 0.29) is 5.56 Å². The summed E-state index contributed by atoms with van der Waals surface area (Å²) in [6.45, 7) is -0.886. The second-order valence-corrected chi connectivity index (χ2v) is 1.98. The lowest BCUT2D eigenvalue weighted by Gasteiger charge is -1.98. The number of hydrogen-bond acceptors (Lipinski definition) is 0. The van der Waals surface area contributed by atoms with Crippen molar-refractivity contribution in [2.75, 3.05) is 0 Å². The van der Waals surface area contributed by atoms with Crippen molar-refractivity contribution in [2.45, 2.75) is 6.61 Å². The lowest BCUT2D eigenvalue weighted by Crippen LogP contribution is -1.96. The van der Waals surface area contributed by atoms with Crippen molar-refractivity contribution < 1.29 is 18.3 Å². The molecule has 0 aliphatic carbocycles. The predicted molar refractivity (Wildman–Crippen MR) is 30.7 cm³/mol. The summed E-state index contributed by atoms with van der Waals surface area (Å²) in [7, 11) is 0. The molecule has 0 spiro atoms. The van der Waals surface area contributed by atoms with Crippen LogP contribution in [0.3, 0.4) is 0 Å². The van der Waals surface area contributed by atoms with Crippen molar-refractivity contribution in [1.29, 1.82) is 0 Å². The minimum Gasteiger partial charge on any atom is -0.231 e. The zero-order valence-corrected chi connectivity index (χ0v) is 5.40. The van der Waals surface area contributed by atoms with Gasteiger partial charge in [0, 0.05) is 5.56 Å². The Morgan fingerprint density at radius 3 is 2.27 bits per heavy atom. The normalized spacial score (nSPS) is 10.2. The van der Waals surface area contributed by atoms with Crippen LogP contribution >= 0.6 is 0 Å². The van der Waals surface area contributed by atoms with Crippen LogP contribution in [0.1, 0.15) is 5.56 Å². The molecule has 0 aliphatic rings.